The van der Waals surface area contributed by atoms with Gasteiger partial charge >= 0.3 is 0 Å². The first-order chi connectivity index (χ1) is 11.9. The van der Waals surface area contributed by atoms with Gasteiger partial charge in [-0.15, -0.1) is 10.2 Å². The maximum Gasteiger partial charge on any atom is 0.235 e. The van der Waals surface area contributed by atoms with Crippen LogP contribution in [-0.4, -0.2) is 26.4 Å². The lowest BCUT2D eigenvalue weighted by Gasteiger charge is -2.17. The summed E-state index contributed by atoms with van der Waals surface area (Å²) in [6.07, 6.45) is 1.11. The topological polar surface area (TPSA) is 46.3 Å². The number of hydrogen-bond donors (Lipinski definition) is 0. The molecule has 1 aliphatic rings. The van der Waals surface area contributed by atoms with Crippen molar-refractivity contribution in [2.75, 3.05) is 11.4 Å². The van der Waals surface area contributed by atoms with Gasteiger partial charge in [0.05, 0.1) is 6.54 Å². The van der Waals surface area contributed by atoms with Crippen LogP contribution in [0.5, 0.6) is 0 Å². The van der Waals surface area contributed by atoms with E-state index in [1.807, 2.05) is 34.8 Å². The number of anilines is 1. The molecule has 2 aromatic carbocycles. The van der Waals surface area contributed by atoms with Crippen molar-refractivity contribution in [2.24, 2.45) is 0 Å². The Morgan fingerprint density at radius 2 is 1.79 bits per heavy atom. The van der Waals surface area contributed by atoms with Gasteiger partial charge in [0.15, 0.2) is 5.82 Å². The number of aromatic nitrogens is 4. The van der Waals surface area contributed by atoms with Crippen molar-refractivity contribution in [1.82, 2.24) is 19.8 Å². The number of para-hydroxylation sites is 1. The number of nitrogens with zero attached hydrogens (tertiary/aromatic N) is 5. The highest BCUT2D eigenvalue weighted by molar-refractivity contribution is 7.16. The molecule has 0 bridgehead atoms. The predicted octanol–water partition coefficient (Wildman–Crippen LogP) is 3.42. The average molecular weight is 333 g/mol. The van der Waals surface area contributed by atoms with E-state index in [4.69, 9.17) is 5.10 Å². The lowest BCUT2D eigenvalue weighted by Crippen LogP contribution is -2.19. The van der Waals surface area contributed by atoms with Crippen LogP contribution in [0.1, 0.15) is 10.6 Å². The summed E-state index contributed by atoms with van der Waals surface area (Å²) in [5.41, 5.74) is 3.78. The Bertz CT molecular complexity index is 1000. The van der Waals surface area contributed by atoms with Crippen molar-refractivity contribution in [3.63, 3.8) is 0 Å². The lowest BCUT2D eigenvalue weighted by atomic mass is 10.2. The molecule has 0 N–H and O–H groups in total. The lowest BCUT2D eigenvalue weighted by molar-refractivity contribution is 0.802. The summed E-state index contributed by atoms with van der Waals surface area (Å²) in [6.45, 7) is 1.87. The molecule has 4 aromatic rings. The molecule has 24 heavy (non-hydrogen) atoms. The Hall–Kier alpha value is -2.73. The summed E-state index contributed by atoms with van der Waals surface area (Å²) in [5, 5.41) is 14.4. The second-order valence-electron chi connectivity index (χ2n) is 5.88. The first kappa shape index (κ1) is 13.7. The van der Waals surface area contributed by atoms with Crippen LogP contribution in [0.2, 0.25) is 0 Å². The largest absolute Gasteiger partial charge is 0.364 e. The van der Waals surface area contributed by atoms with Gasteiger partial charge in [-0.25, -0.2) is 0 Å². The summed E-state index contributed by atoms with van der Waals surface area (Å²) < 4.78 is 1.86. The second-order valence-corrected chi connectivity index (χ2v) is 6.92. The highest BCUT2D eigenvalue weighted by Gasteiger charge is 2.21. The van der Waals surface area contributed by atoms with E-state index in [1.165, 1.54) is 11.3 Å². The Morgan fingerprint density at radius 3 is 2.71 bits per heavy atom. The first-order valence-electron chi connectivity index (χ1n) is 7.98. The van der Waals surface area contributed by atoms with Crippen molar-refractivity contribution < 1.29 is 0 Å². The Labute approximate surface area is 143 Å². The van der Waals surface area contributed by atoms with Crippen LogP contribution in [0, 0.1) is 0 Å². The van der Waals surface area contributed by atoms with Crippen molar-refractivity contribution in [1.29, 1.82) is 0 Å². The minimum atomic E-state index is 0.801. The van der Waals surface area contributed by atoms with E-state index in [2.05, 4.69) is 39.4 Å². The zero-order chi connectivity index (χ0) is 15.9. The van der Waals surface area contributed by atoms with E-state index in [1.54, 1.807) is 11.3 Å². The van der Waals surface area contributed by atoms with Crippen molar-refractivity contribution >= 4 is 22.0 Å². The molecule has 118 valence electrons. The smallest absolute Gasteiger partial charge is 0.235 e. The van der Waals surface area contributed by atoms with Crippen LogP contribution in [-0.2, 0) is 13.0 Å². The van der Waals surface area contributed by atoms with E-state index in [-0.39, 0.29) is 0 Å². The number of hydrogen-bond acceptors (Lipinski definition) is 5. The summed E-state index contributed by atoms with van der Waals surface area (Å²) in [7, 11) is 0. The maximum atomic E-state index is 4.75. The maximum absolute atomic E-state index is 4.75. The van der Waals surface area contributed by atoms with Gasteiger partial charge < -0.3 is 4.90 Å². The molecule has 0 aliphatic carbocycles. The van der Waals surface area contributed by atoms with Gasteiger partial charge in [-0.1, -0.05) is 59.9 Å². The molecule has 0 fully saturated rings. The minimum Gasteiger partial charge on any atom is -0.364 e. The zero-order valence-corrected chi connectivity index (χ0v) is 13.8. The van der Waals surface area contributed by atoms with Gasteiger partial charge in [0.1, 0.15) is 5.01 Å². The minimum absolute atomic E-state index is 0.801. The molecule has 0 saturated heterocycles. The first-order valence-corrected chi connectivity index (χ1v) is 8.79. The van der Waals surface area contributed by atoms with E-state index in [0.717, 1.165) is 40.9 Å². The van der Waals surface area contributed by atoms with E-state index in [0.29, 0.717) is 0 Å². The highest BCUT2D eigenvalue weighted by Crippen LogP contribution is 2.30. The summed E-state index contributed by atoms with van der Waals surface area (Å²) in [6, 6.07) is 18.7. The van der Waals surface area contributed by atoms with E-state index in [9.17, 15) is 0 Å². The third-order valence-electron chi connectivity index (χ3n) is 4.37. The normalized spacial score (nSPS) is 13.6. The SMILES string of the molecule is c1ccc(-c2nnc3sc(CN4CCc5ccccc54)nn23)cc1. The average Bonchev–Trinajstić information content (AvgIpc) is 3.31. The van der Waals surface area contributed by atoms with E-state index >= 15 is 0 Å². The number of fused-ring (bicyclic) bond motifs is 2. The monoisotopic (exact) mass is 333 g/mol. The van der Waals surface area contributed by atoms with Gasteiger partial charge in [0, 0.05) is 17.8 Å². The fraction of sp³-hybridized carbons (Fsp3) is 0.167. The molecule has 0 saturated carbocycles. The third-order valence-corrected chi connectivity index (χ3v) is 5.26. The molecular weight excluding hydrogens is 318 g/mol. The molecule has 0 amide bonds. The fourth-order valence-electron chi connectivity index (χ4n) is 3.22. The molecule has 0 spiro atoms. The molecule has 1 aliphatic heterocycles. The molecule has 0 unspecified atom stereocenters. The Morgan fingerprint density at radius 1 is 0.958 bits per heavy atom. The molecule has 5 nitrogen and oxygen atoms in total. The predicted molar refractivity (Wildman–Crippen MR) is 95.3 cm³/mol. The zero-order valence-electron chi connectivity index (χ0n) is 13.0. The van der Waals surface area contributed by atoms with Gasteiger partial charge in [0.2, 0.25) is 4.96 Å². The summed E-state index contributed by atoms with van der Waals surface area (Å²) in [5.74, 6) is 0.801. The highest BCUT2D eigenvalue weighted by atomic mass is 32.1. The van der Waals surface area contributed by atoms with Crippen LogP contribution in [0.15, 0.2) is 54.6 Å². The fourth-order valence-corrected chi connectivity index (χ4v) is 4.07. The molecule has 5 rings (SSSR count). The molecule has 6 heteroatoms. The number of rotatable bonds is 3. The molecule has 0 atom stereocenters. The van der Waals surface area contributed by atoms with E-state index < -0.39 is 0 Å². The van der Waals surface area contributed by atoms with Crippen LogP contribution in [0.4, 0.5) is 5.69 Å². The quantitative estimate of drug-likeness (QED) is 0.576. The van der Waals surface area contributed by atoms with Crippen LogP contribution in [0.25, 0.3) is 16.3 Å². The summed E-state index contributed by atoms with van der Waals surface area (Å²) in [4.78, 5) is 3.24. The van der Waals surface area contributed by atoms with Crippen LogP contribution >= 0.6 is 11.3 Å². The van der Waals surface area contributed by atoms with Crippen molar-refractivity contribution in [3.8, 4) is 11.4 Å². The number of benzene rings is 2. The van der Waals surface area contributed by atoms with Crippen molar-refractivity contribution in [3.05, 3.63) is 65.2 Å². The van der Waals surface area contributed by atoms with Crippen molar-refractivity contribution in [2.45, 2.75) is 13.0 Å². The molecular formula is C18H15N5S. The van der Waals surface area contributed by atoms with Crippen LogP contribution < -0.4 is 4.90 Å². The molecule has 3 heterocycles. The van der Waals surface area contributed by atoms with Gasteiger partial charge in [-0.3, -0.25) is 0 Å². The molecule has 2 aromatic heterocycles. The second kappa shape index (κ2) is 5.42. The molecule has 0 radical (unpaired) electrons. The van der Waals surface area contributed by atoms with Gasteiger partial charge in [-0.05, 0) is 18.1 Å². The third kappa shape index (κ3) is 2.18. The van der Waals surface area contributed by atoms with Gasteiger partial charge in [-0.2, -0.15) is 9.61 Å². The van der Waals surface area contributed by atoms with Gasteiger partial charge in [0.25, 0.3) is 0 Å². The summed E-state index contributed by atoms with van der Waals surface area (Å²) >= 11 is 1.61. The van der Waals surface area contributed by atoms with Crippen LogP contribution in [0.3, 0.4) is 0 Å². The Balaban J connectivity index is 1.48. The standard InChI is InChI=1S/C18H15N5S/c1-2-7-14(8-3-1)17-19-20-18-23(17)21-16(24-18)12-22-11-10-13-6-4-5-9-15(13)22/h1-9H,10-12H2. The Kier molecular flexibility index (Phi) is 3.09.